The van der Waals surface area contributed by atoms with Crippen LogP contribution < -0.4 is 5.32 Å². The Morgan fingerprint density at radius 2 is 1.91 bits per heavy atom. The summed E-state index contributed by atoms with van der Waals surface area (Å²) in [5.74, 6) is -0.561. The minimum absolute atomic E-state index is 0.0100. The summed E-state index contributed by atoms with van der Waals surface area (Å²) in [6.45, 7) is 4.22. The number of nitrogens with one attached hydrogen (secondary N) is 1. The van der Waals surface area contributed by atoms with Gasteiger partial charge in [0.2, 0.25) is 6.29 Å². The van der Waals surface area contributed by atoms with Gasteiger partial charge in [0, 0.05) is 31.6 Å². The SMILES string of the molecule is CCO[C@H]1OC(C(=O)NCc2ccc(F)cc2)=C[C@@H](c2ccsc2)[C@@H]1CCOCCOCCO. The van der Waals surface area contributed by atoms with Crippen molar-refractivity contribution in [1.82, 2.24) is 5.32 Å². The summed E-state index contributed by atoms with van der Waals surface area (Å²) in [7, 11) is 0. The Labute approximate surface area is 203 Å². The average molecular weight is 494 g/mol. The first-order chi connectivity index (χ1) is 16.6. The van der Waals surface area contributed by atoms with Crippen LogP contribution in [0.1, 0.15) is 30.4 Å². The number of allylic oxidation sites excluding steroid dienone is 1. The van der Waals surface area contributed by atoms with Crippen molar-refractivity contribution >= 4 is 17.2 Å². The smallest absolute Gasteiger partial charge is 0.286 e. The summed E-state index contributed by atoms with van der Waals surface area (Å²) >= 11 is 1.60. The molecule has 0 saturated carbocycles. The van der Waals surface area contributed by atoms with E-state index < -0.39 is 6.29 Å². The minimum atomic E-state index is -0.597. The van der Waals surface area contributed by atoms with Crippen LogP contribution in [0.15, 0.2) is 52.9 Å². The van der Waals surface area contributed by atoms with E-state index in [0.29, 0.717) is 39.5 Å². The highest BCUT2D eigenvalue weighted by atomic mass is 32.1. The standard InChI is InChI=1S/C25H32FNO6S/c1-2-32-25-21(7-10-30-12-13-31-11-9-28)22(19-8-14-34-17-19)15-23(33-25)24(29)27-16-18-3-5-20(26)6-4-18/h3-6,8,14-15,17,21-22,25,28H,2,7,9-13,16H2,1H3,(H,27,29)/t21-,22-,25-/m0/s1. The molecule has 1 amide bonds. The van der Waals surface area contributed by atoms with Crippen molar-refractivity contribution in [1.29, 1.82) is 0 Å². The predicted molar refractivity (Wildman–Crippen MR) is 127 cm³/mol. The van der Waals surface area contributed by atoms with Crippen LogP contribution in [0, 0.1) is 11.7 Å². The van der Waals surface area contributed by atoms with Crippen LogP contribution in [0.4, 0.5) is 4.39 Å². The second-order valence-corrected chi connectivity index (χ2v) is 8.55. The van der Waals surface area contributed by atoms with E-state index in [1.807, 2.05) is 24.4 Å². The summed E-state index contributed by atoms with van der Waals surface area (Å²) in [4.78, 5) is 12.9. The molecule has 2 heterocycles. The summed E-state index contributed by atoms with van der Waals surface area (Å²) in [5, 5.41) is 15.7. The minimum Gasteiger partial charge on any atom is -0.459 e. The maximum Gasteiger partial charge on any atom is 0.286 e. The summed E-state index contributed by atoms with van der Waals surface area (Å²) < 4.78 is 36.0. The highest BCUT2D eigenvalue weighted by molar-refractivity contribution is 7.08. The second kappa shape index (κ2) is 14.2. The number of hydrogen-bond acceptors (Lipinski definition) is 7. The van der Waals surface area contributed by atoms with Gasteiger partial charge in [-0.3, -0.25) is 4.79 Å². The summed E-state index contributed by atoms with van der Waals surface area (Å²) in [6, 6.07) is 8.04. The van der Waals surface area contributed by atoms with Crippen LogP contribution in [-0.2, 0) is 30.3 Å². The van der Waals surface area contributed by atoms with Gasteiger partial charge in [-0.2, -0.15) is 11.3 Å². The van der Waals surface area contributed by atoms with Gasteiger partial charge in [0.1, 0.15) is 5.82 Å². The third kappa shape index (κ3) is 7.89. The first kappa shape index (κ1) is 26.3. The molecule has 2 aromatic rings. The Hall–Kier alpha value is -2.30. The van der Waals surface area contributed by atoms with Gasteiger partial charge in [-0.1, -0.05) is 12.1 Å². The van der Waals surface area contributed by atoms with Gasteiger partial charge < -0.3 is 29.4 Å². The first-order valence-electron chi connectivity index (χ1n) is 11.4. The number of thiophene rings is 1. The topological polar surface area (TPSA) is 86.3 Å². The van der Waals surface area contributed by atoms with Gasteiger partial charge >= 0.3 is 0 Å². The molecule has 0 radical (unpaired) electrons. The molecule has 1 aromatic heterocycles. The van der Waals surface area contributed by atoms with Crippen molar-refractivity contribution in [3.05, 3.63) is 69.9 Å². The quantitative estimate of drug-likeness (QED) is 0.391. The fourth-order valence-electron chi connectivity index (χ4n) is 3.76. The Morgan fingerprint density at radius 1 is 1.15 bits per heavy atom. The van der Waals surface area contributed by atoms with Gasteiger partial charge in [0.15, 0.2) is 5.76 Å². The highest BCUT2D eigenvalue weighted by Gasteiger charge is 2.38. The fourth-order valence-corrected chi connectivity index (χ4v) is 4.47. The molecular formula is C25H32FNO6S. The zero-order valence-electron chi connectivity index (χ0n) is 19.3. The van der Waals surface area contributed by atoms with E-state index in [9.17, 15) is 9.18 Å². The maximum absolute atomic E-state index is 13.1. The van der Waals surface area contributed by atoms with Crippen LogP contribution in [-0.4, -0.2) is 56.9 Å². The molecule has 3 atom stereocenters. The molecule has 7 nitrogen and oxygen atoms in total. The van der Waals surface area contributed by atoms with E-state index in [4.69, 9.17) is 24.1 Å². The predicted octanol–water partition coefficient (Wildman–Crippen LogP) is 3.60. The van der Waals surface area contributed by atoms with Crippen LogP contribution in [0.3, 0.4) is 0 Å². The molecule has 1 aliphatic heterocycles. The van der Waals surface area contributed by atoms with Gasteiger partial charge in [-0.15, -0.1) is 0 Å². The number of carbonyl (C=O) groups excluding carboxylic acids is 1. The normalized spacial score (nSPS) is 20.0. The van der Waals surface area contributed by atoms with Gasteiger partial charge in [-0.25, -0.2) is 4.39 Å². The van der Waals surface area contributed by atoms with Crippen LogP contribution in [0.25, 0.3) is 0 Å². The van der Waals surface area contributed by atoms with Gasteiger partial charge in [0.25, 0.3) is 5.91 Å². The number of aliphatic hydroxyl groups excluding tert-OH is 1. The zero-order valence-corrected chi connectivity index (χ0v) is 20.1. The van der Waals surface area contributed by atoms with E-state index in [0.717, 1.165) is 11.1 Å². The van der Waals surface area contributed by atoms with E-state index in [1.165, 1.54) is 12.1 Å². The van der Waals surface area contributed by atoms with Crippen molar-refractivity contribution in [2.75, 3.05) is 39.6 Å². The number of amides is 1. The highest BCUT2D eigenvalue weighted by Crippen LogP contribution is 2.39. The van der Waals surface area contributed by atoms with Gasteiger partial charge in [-0.05, 0) is 59.5 Å². The molecule has 0 aliphatic carbocycles. The van der Waals surface area contributed by atoms with E-state index in [2.05, 4.69) is 10.7 Å². The average Bonchev–Trinajstić information content (AvgIpc) is 3.38. The Balaban J connectivity index is 1.67. The monoisotopic (exact) mass is 493 g/mol. The lowest BCUT2D eigenvalue weighted by Crippen LogP contribution is -2.39. The van der Waals surface area contributed by atoms with Gasteiger partial charge in [0.05, 0.1) is 26.4 Å². The lowest BCUT2D eigenvalue weighted by molar-refractivity contribution is -0.168. The number of ether oxygens (including phenoxy) is 4. The zero-order chi connectivity index (χ0) is 24.2. The molecule has 186 valence electrons. The van der Waals surface area contributed by atoms with Crippen LogP contribution in [0.2, 0.25) is 0 Å². The number of rotatable bonds is 14. The molecule has 34 heavy (non-hydrogen) atoms. The molecule has 9 heteroatoms. The Morgan fingerprint density at radius 3 is 2.59 bits per heavy atom. The van der Waals surface area contributed by atoms with E-state index in [1.54, 1.807) is 23.5 Å². The van der Waals surface area contributed by atoms with Crippen LogP contribution in [0.5, 0.6) is 0 Å². The number of aliphatic hydroxyl groups is 1. The van der Waals surface area contributed by atoms with Crippen molar-refractivity contribution < 1.29 is 33.2 Å². The Kier molecular flexibility index (Phi) is 11.0. The largest absolute Gasteiger partial charge is 0.459 e. The molecule has 1 aliphatic rings. The molecule has 0 bridgehead atoms. The molecule has 1 aromatic carbocycles. The van der Waals surface area contributed by atoms with Crippen molar-refractivity contribution in [2.45, 2.75) is 32.1 Å². The Bertz CT molecular complexity index is 889. The molecule has 0 fully saturated rings. The number of carbonyl (C=O) groups is 1. The van der Waals surface area contributed by atoms with Crippen molar-refractivity contribution in [3.63, 3.8) is 0 Å². The molecule has 2 N–H and O–H groups in total. The molecule has 0 spiro atoms. The number of hydrogen-bond donors (Lipinski definition) is 2. The third-order valence-corrected chi connectivity index (χ3v) is 6.14. The van der Waals surface area contributed by atoms with E-state index >= 15 is 0 Å². The first-order valence-corrected chi connectivity index (χ1v) is 12.4. The molecule has 0 unspecified atom stereocenters. The third-order valence-electron chi connectivity index (χ3n) is 5.44. The van der Waals surface area contributed by atoms with Crippen molar-refractivity contribution in [2.24, 2.45) is 5.92 Å². The fraction of sp³-hybridized carbons (Fsp3) is 0.480. The molecule has 3 rings (SSSR count). The number of halogens is 1. The summed E-state index contributed by atoms with van der Waals surface area (Å²) in [5.41, 5.74) is 1.89. The van der Waals surface area contributed by atoms with E-state index in [-0.39, 0.29) is 42.5 Å². The van der Waals surface area contributed by atoms with Crippen molar-refractivity contribution in [3.8, 4) is 0 Å². The number of benzene rings is 1. The molecule has 0 saturated heterocycles. The maximum atomic E-state index is 13.1. The second-order valence-electron chi connectivity index (χ2n) is 7.76. The van der Waals surface area contributed by atoms with Crippen LogP contribution >= 0.6 is 11.3 Å². The lowest BCUT2D eigenvalue weighted by Gasteiger charge is -2.36. The molecular weight excluding hydrogens is 461 g/mol. The lowest BCUT2D eigenvalue weighted by atomic mass is 9.82. The summed E-state index contributed by atoms with van der Waals surface area (Å²) in [6.07, 6.45) is 1.93.